The van der Waals surface area contributed by atoms with Crippen molar-refractivity contribution in [3.8, 4) is 0 Å². The van der Waals surface area contributed by atoms with Crippen LogP contribution in [0.25, 0.3) is 22.3 Å². The summed E-state index contributed by atoms with van der Waals surface area (Å²) in [6.07, 6.45) is -7.88. The maximum Gasteiger partial charge on any atom is 0.475 e. The molecular weight excluding hydrogens is 674 g/mol. The number of nitrogens with one attached hydrogen (secondary N) is 1. The van der Waals surface area contributed by atoms with Gasteiger partial charge in [0, 0.05) is 14.2 Å². The van der Waals surface area contributed by atoms with Gasteiger partial charge >= 0.3 is 15.6 Å². The van der Waals surface area contributed by atoms with Gasteiger partial charge in [0.15, 0.2) is 35.1 Å². The van der Waals surface area contributed by atoms with Crippen LogP contribution in [0.1, 0.15) is 12.5 Å². The van der Waals surface area contributed by atoms with Crippen molar-refractivity contribution < 1.29 is 56.0 Å². The molecule has 3 fully saturated rings. The monoisotopic (exact) mass is 702 g/mol. The molecule has 7 rings (SSSR count). The van der Waals surface area contributed by atoms with Crippen LogP contribution in [-0.4, -0.2) is 113 Å². The van der Waals surface area contributed by atoms with Gasteiger partial charge in [0.2, 0.25) is 5.95 Å². The lowest BCUT2D eigenvalue weighted by Crippen LogP contribution is -2.36. The number of ether oxygens (including phenoxy) is 2. The van der Waals surface area contributed by atoms with E-state index in [2.05, 4.69) is 29.9 Å². The third-order valence-electron chi connectivity index (χ3n) is 7.75. The zero-order valence-electron chi connectivity index (χ0n) is 24.3. The number of phosphoric acid groups is 2. The Morgan fingerprint density at radius 1 is 0.851 bits per heavy atom. The number of rotatable bonds is 4. The van der Waals surface area contributed by atoms with Crippen LogP contribution >= 0.6 is 15.6 Å². The lowest BCUT2D eigenvalue weighted by Gasteiger charge is -2.27. The molecule has 0 saturated carbocycles. The standard InChI is InChI=1S/C22H28N10O13P2/c1-38-46(36)40-3-8-12(33)15(21(42-8)32-7-28-11-18(32)29-22(24)30-19(11)35)45-47(37,39-2)41-4-9-14(44-46)13(34)20(43-9)31-6-27-10-16(23)25-5-26-17(10)31/h5-9,12-15,20-21,33-34H,3-4H2,1-2H3,(H2,23,25,26)(H3,24,29,30,35). The van der Waals surface area contributed by atoms with Crippen LogP contribution in [0.3, 0.4) is 0 Å². The number of nitrogens with two attached hydrogens (primary N) is 2. The van der Waals surface area contributed by atoms with Gasteiger partial charge in [-0.25, -0.2) is 29.1 Å². The molecule has 0 radical (unpaired) electrons. The fourth-order valence-electron chi connectivity index (χ4n) is 5.47. The Bertz CT molecular complexity index is 1970. The quantitative estimate of drug-likeness (QED) is 0.159. The van der Waals surface area contributed by atoms with Gasteiger partial charge in [0.1, 0.15) is 48.5 Å². The van der Waals surface area contributed by atoms with Crippen molar-refractivity contribution in [1.29, 1.82) is 0 Å². The molecule has 4 aromatic rings. The molecule has 10 atom stereocenters. The van der Waals surface area contributed by atoms with Gasteiger partial charge < -0.3 is 31.2 Å². The maximum absolute atomic E-state index is 13.9. The lowest BCUT2D eigenvalue weighted by atomic mass is 10.1. The minimum absolute atomic E-state index is 0.0555. The number of anilines is 2. The van der Waals surface area contributed by atoms with E-state index in [-0.39, 0.29) is 34.1 Å². The average molecular weight is 702 g/mol. The average Bonchev–Trinajstić information content (AvgIpc) is 3.81. The second-order valence-electron chi connectivity index (χ2n) is 10.5. The molecule has 0 aliphatic carbocycles. The van der Waals surface area contributed by atoms with Gasteiger partial charge in [-0.2, -0.15) is 4.98 Å². The summed E-state index contributed by atoms with van der Waals surface area (Å²) in [5.74, 6) is -0.163. The summed E-state index contributed by atoms with van der Waals surface area (Å²) in [4.78, 5) is 35.0. The fraction of sp³-hybridized carbons (Fsp3) is 0.545. The smallest absolute Gasteiger partial charge is 0.387 e. The van der Waals surface area contributed by atoms with Gasteiger partial charge in [-0.05, 0) is 0 Å². The van der Waals surface area contributed by atoms with Gasteiger partial charge in [-0.3, -0.25) is 46.1 Å². The van der Waals surface area contributed by atoms with Crippen molar-refractivity contribution in [2.75, 3.05) is 38.9 Å². The summed E-state index contributed by atoms with van der Waals surface area (Å²) >= 11 is 0. The molecule has 4 aromatic heterocycles. The highest BCUT2D eigenvalue weighted by Gasteiger charge is 2.54. The summed E-state index contributed by atoms with van der Waals surface area (Å²) in [6, 6.07) is 0. The summed E-state index contributed by atoms with van der Waals surface area (Å²) in [5.41, 5.74) is 11.2. The van der Waals surface area contributed by atoms with E-state index in [0.29, 0.717) is 0 Å². The molecule has 2 bridgehead atoms. The second kappa shape index (κ2) is 11.9. The van der Waals surface area contributed by atoms with Crippen LogP contribution in [-0.2, 0) is 45.7 Å². The zero-order chi connectivity index (χ0) is 33.2. The van der Waals surface area contributed by atoms with Gasteiger partial charge in [0.25, 0.3) is 5.56 Å². The highest BCUT2D eigenvalue weighted by molar-refractivity contribution is 7.48. The van der Waals surface area contributed by atoms with E-state index >= 15 is 0 Å². The predicted molar refractivity (Wildman–Crippen MR) is 153 cm³/mol. The second-order valence-corrected chi connectivity index (χ2v) is 13.9. The van der Waals surface area contributed by atoms with Crippen molar-refractivity contribution in [2.45, 2.75) is 49.1 Å². The summed E-state index contributed by atoms with van der Waals surface area (Å²) in [5, 5.41) is 22.6. The number of aliphatic hydroxyl groups excluding tert-OH is 2. The van der Waals surface area contributed by atoms with Crippen LogP contribution < -0.4 is 17.0 Å². The van der Waals surface area contributed by atoms with Crippen molar-refractivity contribution in [3.63, 3.8) is 0 Å². The van der Waals surface area contributed by atoms with Crippen molar-refractivity contribution in [3.05, 3.63) is 29.3 Å². The third kappa shape index (κ3) is 5.53. The number of imidazole rings is 2. The van der Waals surface area contributed by atoms with Crippen LogP contribution in [0.15, 0.2) is 23.8 Å². The van der Waals surface area contributed by atoms with Gasteiger partial charge in [-0.1, -0.05) is 0 Å². The van der Waals surface area contributed by atoms with E-state index in [4.69, 9.17) is 48.1 Å². The Labute approximate surface area is 262 Å². The molecule has 23 nitrogen and oxygen atoms in total. The van der Waals surface area contributed by atoms with E-state index in [9.17, 15) is 24.1 Å². The van der Waals surface area contributed by atoms with Crippen molar-refractivity contribution in [2.24, 2.45) is 0 Å². The van der Waals surface area contributed by atoms with E-state index in [0.717, 1.165) is 14.2 Å². The maximum atomic E-state index is 13.9. The molecule has 25 heteroatoms. The first-order valence-corrected chi connectivity index (χ1v) is 16.7. The predicted octanol–water partition coefficient (Wildman–Crippen LogP) is -1.03. The number of aliphatic hydroxyl groups is 2. The molecule has 254 valence electrons. The Morgan fingerprint density at radius 3 is 2.17 bits per heavy atom. The van der Waals surface area contributed by atoms with Gasteiger partial charge in [0.05, 0.1) is 25.9 Å². The Hall–Kier alpha value is -3.44. The van der Waals surface area contributed by atoms with Crippen LogP contribution in [0.4, 0.5) is 11.8 Å². The first kappa shape index (κ1) is 32.1. The highest BCUT2D eigenvalue weighted by Crippen LogP contribution is 2.57. The Kier molecular flexibility index (Phi) is 8.14. The topological polar surface area (TPSA) is 308 Å². The Morgan fingerprint density at radius 2 is 1.47 bits per heavy atom. The molecule has 7 N–H and O–H groups in total. The number of hydrogen-bond donors (Lipinski definition) is 5. The van der Waals surface area contributed by atoms with E-state index in [1.54, 1.807) is 0 Å². The van der Waals surface area contributed by atoms with E-state index in [1.165, 1.54) is 28.1 Å². The fourth-order valence-corrected chi connectivity index (χ4v) is 7.72. The number of H-pyrrole nitrogens is 1. The van der Waals surface area contributed by atoms with Crippen LogP contribution in [0, 0.1) is 0 Å². The summed E-state index contributed by atoms with van der Waals surface area (Å²) < 4.78 is 74.9. The Balaban J connectivity index is 1.24. The number of hydrogen-bond acceptors (Lipinski definition) is 20. The largest absolute Gasteiger partial charge is 0.475 e. The summed E-state index contributed by atoms with van der Waals surface area (Å²) in [7, 11) is -7.07. The van der Waals surface area contributed by atoms with E-state index < -0.39 is 83.5 Å². The molecule has 47 heavy (non-hydrogen) atoms. The number of phosphoric ester groups is 2. The first-order chi connectivity index (χ1) is 22.4. The molecular formula is C22H28N10O13P2. The number of nitrogen functional groups attached to an aromatic ring is 2. The van der Waals surface area contributed by atoms with Crippen LogP contribution in [0.2, 0.25) is 0 Å². The molecule has 3 aliphatic rings. The van der Waals surface area contributed by atoms with Crippen LogP contribution in [0.5, 0.6) is 0 Å². The number of fused-ring (bicyclic) bond motifs is 5. The third-order valence-corrected chi connectivity index (χ3v) is 10.6. The van der Waals surface area contributed by atoms with Gasteiger partial charge in [-0.15, -0.1) is 0 Å². The normalized spacial score (nSPS) is 36.6. The van der Waals surface area contributed by atoms with Crippen molar-refractivity contribution in [1.82, 2.24) is 39.0 Å². The molecule has 10 unspecified atom stereocenters. The minimum atomic E-state index is -4.60. The number of aromatic nitrogens is 8. The minimum Gasteiger partial charge on any atom is -0.387 e. The number of aromatic amines is 1. The molecule has 3 aliphatic heterocycles. The molecule has 0 spiro atoms. The lowest BCUT2D eigenvalue weighted by molar-refractivity contribution is -0.0690. The molecule has 3 saturated heterocycles. The SMILES string of the molecule is COP1(=O)OCC2OC(n3cnc4c(=O)[nH]c(N)nc43)C(OP(=O)(OC)OCC3OC(n4cnc5c(N)ncnc54)C(O)C3O1)C2O. The van der Waals surface area contributed by atoms with Crippen molar-refractivity contribution >= 4 is 49.7 Å². The molecule has 7 heterocycles. The molecule has 0 aromatic carbocycles. The number of nitrogens with zero attached hydrogens (tertiary/aromatic N) is 7. The first-order valence-electron chi connectivity index (χ1n) is 13.7. The zero-order valence-corrected chi connectivity index (χ0v) is 26.1. The molecule has 0 amide bonds. The summed E-state index contributed by atoms with van der Waals surface area (Å²) in [6.45, 7) is -1.28. The van der Waals surface area contributed by atoms with E-state index in [1.807, 2.05) is 0 Å². The highest BCUT2D eigenvalue weighted by atomic mass is 31.2.